The smallest absolute Gasteiger partial charge is 0.256 e. The summed E-state index contributed by atoms with van der Waals surface area (Å²) < 4.78 is 42.4. The predicted molar refractivity (Wildman–Crippen MR) is 160 cm³/mol. The minimum atomic E-state index is -4.52. The van der Waals surface area contributed by atoms with Gasteiger partial charge in [-0.1, -0.05) is 107 Å². The molecule has 0 saturated carbocycles. The third-order valence-corrected chi connectivity index (χ3v) is 7.30. The van der Waals surface area contributed by atoms with Crippen LogP contribution in [-0.2, 0) is 18.0 Å². The molecule has 0 radical (unpaired) electrons. The van der Waals surface area contributed by atoms with E-state index in [-0.39, 0.29) is 11.0 Å². The molecule has 0 atom stereocenters. The Labute approximate surface area is 234 Å². The minimum absolute atomic E-state index is 0.127. The molecule has 0 fully saturated rings. The van der Waals surface area contributed by atoms with Crippen LogP contribution in [0.25, 0.3) is 44.3 Å². The molecular weight excluding hydrogens is 503 g/mol. The molecule has 0 bridgehead atoms. The molecular formula is C36H34F3N. The van der Waals surface area contributed by atoms with Crippen molar-refractivity contribution in [3.8, 4) is 33.5 Å². The highest BCUT2D eigenvalue weighted by Crippen LogP contribution is 2.40. The number of nitrogens with zero attached hydrogens (tertiary/aromatic N) is 1. The number of pyridine rings is 1. The second-order valence-electron chi connectivity index (χ2n) is 12.0. The number of hydrogen-bond acceptors (Lipinski definition) is 1. The first kappa shape index (κ1) is 27.6. The summed E-state index contributed by atoms with van der Waals surface area (Å²) in [6.45, 7) is 10.8. The molecule has 5 rings (SSSR count). The van der Waals surface area contributed by atoms with Gasteiger partial charge in [0.1, 0.15) is 0 Å². The summed E-state index contributed by atoms with van der Waals surface area (Å²) in [6, 6.07) is 29.5. The standard InChI is InChI=1S/C36H34F3N/c1-23(2)18-24-10-12-25(13-11-24)26-14-16-27(17-15-26)31-21-34(40-22-33(31)36(37,38)39)29-19-28-8-6-7-9-30(28)32(20-29)35(3,4)5/h6-17,19-23H,18H2,1-5H3. The molecule has 0 saturated heterocycles. The Bertz CT molecular complexity index is 1640. The van der Waals surface area contributed by atoms with Crippen LogP contribution >= 0.6 is 0 Å². The summed E-state index contributed by atoms with van der Waals surface area (Å²) in [5.41, 5.74) is 5.48. The SMILES string of the molecule is CC(C)Cc1ccc(-c2ccc(-c3cc(-c4cc(C(C)(C)C)c5ccccc5c4)ncc3C(F)(F)F)cc2)cc1. The number of alkyl halides is 3. The van der Waals surface area contributed by atoms with Crippen molar-refractivity contribution in [2.75, 3.05) is 0 Å². The number of hydrogen-bond donors (Lipinski definition) is 0. The van der Waals surface area contributed by atoms with Crippen molar-refractivity contribution in [3.63, 3.8) is 0 Å². The van der Waals surface area contributed by atoms with Gasteiger partial charge in [-0.05, 0) is 80.1 Å². The highest BCUT2D eigenvalue weighted by molar-refractivity contribution is 5.91. The molecule has 5 aromatic rings. The normalized spacial score (nSPS) is 12.3. The first-order valence-electron chi connectivity index (χ1n) is 13.7. The topological polar surface area (TPSA) is 12.9 Å². The zero-order chi connectivity index (χ0) is 28.7. The molecule has 4 aromatic carbocycles. The number of aromatic nitrogens is 1. The zero-order valence-corrected chi connectivity index (χ0v) is 23.6. The molecule has 0 N–H and O–H groups in total. The van der Waals surface area contributed by atoms with Gasteiger partial charge in [-0.3, -0.25) is 4.98 Å². The Hall–Kier alpha value is -3.92. The van der Waals surface area contributed by atoms with E-state index in [1.807, 2.05) is 36.4 Å². The minimum Gasteiger partial charge on any atom is -0.256 e. The van der Waals surface area contributed by atoms with Gasteiger partial charge in [0, 0.05) is 11.8 Å². The lowest BCUT2D eigenvalue weighted by molar-refractivity contribution is -0.137. The molecule has 204 valence electrons. The van der Waals surface area contributed by atoms with E-state index < -0.39 is 11.7 Å². The lowest BCUT2D eigenvalue weighted by atomic mass is 9.82. The second-order valence-corrected chi connectivity index (χ2v) is 12.0. The van der Waals surface area contributed by atoms with E-state index in [4.69, 9.17) is 0 Å². The molecule has 0 spiro atoms. The first-order chi connectivity index (χ1) is 18.9. The molecule has 0 aliphatic rings. The molecule has 1 aromatic heterocycles. The summed E-state index contributed by atoms with van der Waals surface area (Å²) >= 11 is 0. The van der Waals surface area contributed by atoms with Crippen molar-refractivity contribution >= 4 is 10.8 Å². The van der Waals surface area contributed by atoms with Gasteiger partial charge < -0.3 is 0 Å². The molecule has 1 nitrogen and oxygen atoms in total. The molecule has 0 aliphatic carbocycles. The number of benzene rings is 4. The van der Waals surface area contributed by atoms with E-state index in [9.17, 15) is 13.2 Å². The van der Waals surface area contributed by atoms with E-state index in [2.05, 4.69) is 76.0 Å². The summed E-state index contributed by atoms with van der Waals surface area (Å²) in [6.07, 6.45) is -2.54. The number of halogens is 3. The average Bonchev–Trinajstić information content (AvgIpc) is 2.91. The predicted octanol–water partition coefficient (Wildman–Crippen LogP) is 10.8. The van der Waals surface area contributed by atoms with Crippen molar-refractivity contribution in [1.82, 2.24) is 4.98 Å². The Morgan fingerprint density at radius 2 is 1.27 bits per heavy atom. The van der Waals surface area contributed by atoms with Gasteiger partial charge in [0.2, 0.25) is 0 Å². The molecule has 0 unspecified atom stereocenters. The Kier molecular flexibility index (Phi) is 7.31. The van der Waals surface area contributed by atoms with Crippen LogP contribution in [0.3, 0.4) is 0 Å². The Morgan fingerprint density at radius 3 is 1.88 bits per heavy atom. The van der Waals surface area contributed by atoms with Crippen LogP contribution in [0.5, 0.6) is 0 Å². The van der Waals surface area contributed by atoms with Gasteiger partial charge in [0.15, 0.2) is 0 Å². The van der Waals surface area contributed by atoms with E-state index in [1.54, 1.807) is 18.2 Å². The summed E-state index contributed by atoms with van der Waals surface area (Å²) in [7, 11) is 0. The Morgan fingerprint density at radius 1 is 0.675 bits per heavy atom. The fraction of sp³-hybridized carbons (Fsp3) is 0.250. The van der Waals surface area contributed by atoms with E-state index >= 15 is 0 Å². The van der Waals surface area contributed by atoms with Crippen LogP contribution in [0.4, 0.5) is 13.2 Å². The van der Waals surface area contributed by atoms with Crippen molar-refractivity contribution in [2.24, 2.45) is 5.92 Å². The van der Waals surface area contributed by atoms with E-state index in [1.165, 1.54) is 5.56 Å². The lowest BCUT2D eigenvalue weighted by Gasteiger charge is -2.23. The summed E-state index contributed by atoms with van der Waals surface area (Å²) in [5.74, 6) is 0.577. The highest BCUT2D eigenvalue weighted by atomic mass is 19.4. The lowest BCUT2D eigenvalue weighted by Crippen LogP contribution is -2.12. The molecule has 0 aliphatic heterocycles. The van der Waals surface area contributed by atoms with Gasteiger partial charge in [-0.15, -0.1) is 0 Å². The second kappa shape index (κ2) is 10.6. The molecule has 40 heavy (non-hydrogen) atoms. The number of rotatable bonds is 5. The van der Waals surface area contributed by atoms with E-state index in [0.717, 1.165) is 45.6 Å². The third kappa shape index (κ3) is 5.82. The average molecular weight is 538 g/mol. The van der Waals surface area contributed by atoms with Crippen molar-refractivity contribution in [2.45, 2.75) is 52.6 Å². The number of fused-ring (bicyclic) bond motifs is 1. The van der Waals surface area contributed by atoms with Crippen LogP contribution in [0.2, 0.25) is 0 Å². The van der Waals surface area contributed by atoms with Crippen LogP contribution in [0.15, 0.2) is 97.2 Å². The van der Waals surface area contributed by atoms with Gasteiger partial charge in [-0.25, -0.2) is 0 Å². The van der Waals surface area contributed by atoms with Crippen molar-refractivity contribution in [3.05, 3.63) is 114 Å². The quantitative estimate of drug-likeness (QED) is 0.217. The van der Waals surface area contributed by atoms with Gasteiger partial charge in [0.05, 0.1) is 11.3 Å². The molecule has 4 heteroatoms. The van der Waals surface area contributed by atoms with Crippen molar-refractivity contribution < 1.29 is 13.2 Å². The van der Waals surface area contributed by atoms with Gasteiger partial charge in [-0.2, -0.15) is 13.2 Å². The maximum absolute atomic E-state index is 14.1. The molecule has 1 heterocycles. The van der Waals surface area contributed by atoms with Crippen molar-refractivity contribution in [1.29, 1.82) is 0 Å². The van der Waals surface area contributed by atoms with Crippen LogP contribution in [0, 0.1) is 5.92 Å². The maximum atomic E-state index is 14.1. The highest BCUT2D eigenvalue weighted by Gasteiger charge is 2.34. The zero-order valence-electron chi connectivity index (χ0n) is 23.6. The third-order valence-electron chi connectivity index (χ3n) is 7.30. The van der Waals surface area contributed by atoms with Gasteiger partial charge >= 0.3 is 6.18 Å². The van der Waals surface area contributed by atoms with Crippen LogP contribution in [-0.4, -0.2) is 4.98 Å². The monoisotopic (exact) mass is 537 g/mol. The summed E-state index contributed by atoms with van der Waals surface area (Å²) in [4.78, 5) is 4.31. The molecule has 0 amide bonds. The van der Waals surface area contributed by atoms with E-state index in [0.29, 0.717) is 17.2 Å². The first-order valence-corrected chi connectivity index (χ1v) is 13.7. The maximum Gasteiger partial charge on any atom is 0.418 e. The van der Waals surface area contributed by atoms with Gasteiger partial charge in [0.25, 0.3) is 0 Å². The fourth-order valence-electron chi connectivity index (χ4n) is 5.30. The summed E-state index contributed by atoms with van der Waals surface area (Å²) in [5, 5.41) is 2.18. The Balaban J connectivity index is 1.58. The largest absolute Gasteiger partial charge is 0.418 e. The van der Waals surface area contributed by atoms with Crippen LogP contribution in [0.1, 0.15) is 51.3 Å². The fourth-order valence-corrected chi connectivity index (χ4v) is 5.30. The van der Waals surface area contributed by atoms with Crippen LogP contribution < -0.4 is 0 Å².